The summed E-state index contributed by atoms with van der Waals surface area (Å²) < 4.78 is 14.8. The van der Waals surface area contributed by atoms with E-state index in [4.69, 9.17) is 0 Å². The summed E-state index contributed by atoms with van der Waals surface area (Å²) in [4.78, 5) is 16.1. The van der Waals surface area contributed by atoms with Crippen LogP contribution in [0, 0.1) is 5.82 Å². The fourth-order valence-corrected chi connectivity index (χ4v) is 3.88. The molecule has 144 valence electrons. The Balaban J connectivity index is 1.16. The molecule has 2 aromatic heterocycles. The van der Waals surface area contributed by atoms with Crippen LogP contribution < -0.4 is 9.80 Å². The predicted octanol–water partition coefficient (Wildman–Crippen LogP) is 1.81. The molecule has 4 heterocycles. The van der Waals surface area contributed by atoms with Gasteiger partial charge in [0, 0.05) is 63.4 Å². The largest absolute Gasteiger partial charge is 0.369 e. The average Bonchev–Trinajstić information content (AvgIpc) is 3.23. The number of anilines is 2. The molecular formula is C20H22FN7. The van der Waals surface area contributed by atoms with E-state index in [1.807, 2.05) is 30.6 Å². The molecular weight excluding hydrogens is 357 g/mol. The normalized spacial score (nSPS) is 18.3. The van der Waals surface area contributed by atoms with Crippen molar-refractivity contribution in [1.82, 2.24) is 24.6 Å². The molecule has 0 bridgehead atoms. The van der Waals surface area contributed by atoms with Gasteiger partial charge in [0.2, 0.25) is 0 Å². The van der Waals surface area contributed by atoms with Crippen LogP contribution in [0.3, 0.4) is 0 Å². The Labute approximate surface area is 163 Å². The van der Waals surface area contributed by atoms with E-state index in [1.54, 1.807) is 17.1 Å². The maximum atomic E-state index is 13.1. The topological polar surface area (TPSA) is 53.3 Å². The van der Waals surface area contributed by atoms with Gasteiger partial charge < -0.3 is 9.80 Å². The van der Waals surface area contributed by atoms with Crippen LogP contribution >= 0.6 is 0 Å². The number of hydrogen-bond donors (Lipinski definition) is 0. The van der Waals surface area contributed by atoms with Gasteiger partial charge in [0.1, 0.15) is 11.6 Å². The Morgan fingerprint density at radius 3 is 2.36 bits per heavy atom. The van der Waals surface area contributed by atoms with Gasteiger partial charge in [-0.15, -0.1) is 0 Å². The Kier molecular flexibility index (Phi) is 4.40. The van der Waals surface area contributed by atoms with Crippen molar-refractivity contribution in [3.63, 3.8) is 0 Å². The molecule has 0 unspecified atom stereocenters. The molecule has 0 spiro atoms. The molecule has 0 aliphatic carbocycles. The monoisotopic (exact) mass is 379 g/mol. The second-order valence-electron chi connectivity index (χ2n) is 7.24. The van der Waals surface area contributed by atoms with E-state index in [0.717, 1.165) is 56.6 Å². The summed E-state index contributed by atoms with van der Waals surface area (Å²) in [7, 11) is 0. The van der Waals surface area contributed by atoms with E-state index in [9.17, 15) is 4.39 Å². The van der Waals surface area contributed by atoms with Gasteiger partial charge >= 0.3 is 0 Å². The zero-order chi connectivity index (χ0) is 18.9. The highest BCUT2D eigenvalue weighted by atomic mass is 19.1. The summed E-state index contributed by atoms with van der Waals surface area (Å²) >= 11 is 0. The van der Waals surface area contributed by atoms with Gasteiger partial charge in [0.15, 0.2) is 5.82 Å². The van der Waals surface area contributed by atoms with Crippen LogP contribution in [0.15, 0.2) is 55.1 Å². The Hall–Kier alpha value is -3.00. The molecule has 2 aliphatic heterocycles. The SMILES string of the molecule is Fc1ccc(N2CCN(C3CN(c4cncc(-n5cccn5)n4)C3)CC2)cc1. The van der Waals surface area contributed by atoms with E-state index >= 15 is 0 Å². The van der Waals surface area contributed by atoms with Crippen molar-refractivity contribution in [2.45, 2.75) is 6.04 Å². The zero-order valence-corrected chi connectivity index (χ0v) is 15.5. The summed E-state index contributed by atoms with van der Waals surface area (Å²) in [5.41, 5.74) is 1.10. The van der Waals surface area contributed by atoms with E-state index in [-0.39, 0.29) is 5.82 Å². The second kappa shape index (κ2) is 7.20. The molecule has 28 heavy (non-hydrogen) atoms. The van der Waals surface area contributed by atoms with Gasteiger partial charge in [-0.1, -0.05) is 0 Å². The number of nitrogens with zero attached hydrogens (tertiary/aromatic N) is 7. The number of rotatable bonds is 4. The lowest BCUT2D eigenvalue weighted by atomic mass is 10.1. The molecule has 5 rings (SSSR count). The highest BCUT2D eigenvalue weighted by Crippen LogP contribution is 2.24. The van der Waals surface area contributed by atoms with E-state index < -0.39 is 0 Å². The predicted molar refractivity (Wildman–Crippen MR) is 105 cm³/mol. The lowest BCUT2D eigenvalue weighted by Gasteiger charge is -2.48. The summed E-state index contributed by atoms with van der Waals surface area (Å²) in [6.45, 7) is 5.92. The molecule has 2 aliphatic rings. The summed E-state index contributed by atoms with van der Waals surface area (Å²) in [5.74, 6) is 1.45. The molecule has 8 heteroatoms. The van der Waals surface area contributed by atoms with Crippen LogP contribution in [-0.4, -0.2) is 70.0 Å². The van der Waals surface area contributed by atoms with E-state index in [2.05, 4.69) is 29.8 Å². The van der Waals surface area contributed by atoms with Gasteiger partial charge in [0.25, 0.3) is 0 Å². The lowest BCUT2D eigenvalue weighted by molar-refractivity contribution is 0.156. The molecule has 0 atom stereocenters. The van der Waals surface area contributed by atoms with E-state index in [1.165, 1.54) is 12.1 Å². The molecule has 0 amide bonds. The van der Waals surface area contributed by atoms with Crippen LogP contribution in [0.5, 0.6) is 0 Å². The first-order valence-corrected chi connectivity index (χ1v) is 9.58. The van der Waals surface area contributed by atoms with E-state index in [0.29, 0.717) is 6.04 Å². The molecule has 1 aromatic carbocycles. The van der Waals surface area contributed by atoms with Crippen molar-refractivity contribution in [3.8, 4) is 5.82 Å². The van der Waals surface area contributed by atoms with Crippen molar-refractivity contribution in [1.29, 1.82) is 0 Å². The van der Waals surface area contributed by atoms with Crippen molar-refractivity contribution in [3.05, 3.63) is 60.9 Å². The van der Waals surface area contributed by atoms with Crippen molar-refractivity contribution in [2.24, 2.45) is 0 Å². The second-order valence-corrected chi connectivity index (χ2v) is 7.24. The molecule has 2 saturated heterocycles. The molecule has 2 fully saturated rings. The minimum Gasteiger partial charge on any atom is -0.369 e. The molecule has 0 radical (unpaired) electrons. The highest BCUT2D eigenvalue weighted by molar-refractivity contribution is 5.47. The van der Waals surface area contributed by atoms with Crippen LogP contribution in [-0.2, 0) is 0 Å². The Morgan fingerprint density at radius 1 is 0.893 bits per heavy atom. The minimum atomic E-state index is -0.184. The lowest BCUT2D eigenvalue weighted by Crippen LogP contribution is -2.63. The quantitative estimate of drug-likeness (QED) is 0.689. The first-order valence-electron chi connectivity index (χ1n) is 9.58. The number of benzene rings is 1. The summed E-state index contributed by atoms with van der Waals surface area (Å²) in [5, 5.41) is 4.22. The first kappa shape index (κ1) is 17.1. The average molecular weight is 379 g/mol. The van der Waals surface area contributed by atoms with Crippen LogP contribution in [0.1, 0.15) is 0 Å². The summed E-state index contributed by atoms with van der Waals surface area (Å²) in [6, 6.07) is 9.21. The fraction of sp³-hybridized carbons (Fsp3) is 0.350. The highest BCUT2D eigenvalue weighted by Gasteiger charge is 2.34. The van der Waals surface area contributed by atoms with Gasteiger partial charge in [-0.3, -0.25) is 9.88 Å². The van der Waals surface area contributed by atoms with Gasteiger partial charge in [-0.25, -0.2) is 14.1 Å². The number of aromatic nitrogens is 4. The molecule has 3 aromatic rings. The third-order valence-corrected chi connectivity index (χ3v) is 5.56. The maximum absolute atomic E-state index is 13.1. The fourth-order valence-electron chi connectivity index (χ4n) is 3.88. The number of piperazine rings is 1. The third kappa shape index (κ3) is 3.31. The summed E-state index contributed by atoms with van der Waals surface area (Å²) in [6.07, 6.45) is 7.14. The van der Waals surface area contributed by atoms with Gasteiger partial charge in [0.05, 0.1) is 12.4 Å². The Morgan fingerprint density at radius 2 is 1.64 bits per heavy atom. The molecule has 7 nitrogen and oxygen atoms in total. The zero-order valence-electron chi connectivity index (χ0n) is 15.5. The van der Waals surface area contributed by atoms with Gasteiger partial charge in [-0.2, -0.15) is 5.10 Å². The van der Waals surface area contributed by atoms with Crippen molar-refractivity contribution in [2.75, 3.05) is 49.1 Å². The third-order valence-electron chi connectivity index (χ3n) is 5.56. The number of hydrogen-bond acceptors (Lipinski definition) is 6. The van der Waals surface area contributed by atoms with Gasteiger partial charge in [-0.05, 0) is 30.3 Å². The minimum absolute atomic E-state index is 0.184. The van der Waals surface area contributed by atoms with Crippen molar-refractivity contribution < 1.29 is 4.39 Å². The maximum Gasteiger partial charge on any atom is 0.173 e. The first-order chi connectivity index (χ1) is 13.8. The number of halogens is 1. The van der Waals surface area contributed by atoms with Crippen molar-refractivity contribution >= 4 is 11.5 Å². The van der Waals surface area contributed by atoms with Crippen LogP contribution in [0.25, 0.3) is 5.82 Å². The standard InChI is InChI=1S/C20H22FN7/c21-16-2-4-17(5-3-16)25-8-10-26(11-9-25)18-14-27(15-18)19-12-22-13-20(24-19)28-7-1-6-23-28/h1-7,12-13,18H,8-11,14-15H2. The molecule has 0 N–H and O–H groups in total. The molecule has 0 saturated carbocycles. The smallest absolute Gasteiger partial charge is 0.173 e. The Bertz CT molecular complexity index is 914. The van der Waals surface area contributed by atoms with Crippen LogP contribution in [0.2, 0.25) is 0 Å². The van der Waals surface area contributed by atoms with Crippen LogP contribution in [0.4, 0.5) is 15.9 Å².